The van der Waals surface area contributed by atoms with E-state index < -0.39 is 4.92 Å². The molecule has 1 aromatic heterocycles. The van der Waals surface area contributed by atoms with Gasteiger partial charge >= 0.3 is 0 Å². The van der Waals surface area contributed by atoms with Gasteiger partial charge in [-0.05, 0) is 31.2 Å². The molecule has 96 valence electrons. The van der Waals surface area contributed by atoms with Gasteiger partial charge in [-0.15, -0.1) is 10.2 Å². The van der Waals surface area contributed by atoms with Crippen LogP contribution in [0.1, 0.15) is 5.69 Å². The first kappa shape index (κ1) is 12.6. The predicted octanol–water partition coefficient (Wildman–Crippen LogP) is 3.42. The first-order chi connectivity index (χ1) is 9.06. The number of nitrogens with zero attached hydrogens (tertiary/aromatic N) is 4. The van der Waals surface area contributed by atoms with E-state index >= 15 is 0 Å². The van der Waals surface area contributed by atoms with Crippen LogP contribution in [0.3, 0.4) is 0 Å². The number of nitro benzene ring substituents is 1. The zero-order chi connectivity index (χ0) is 13.8. The Morgan fingerprint density at radius 1 is 1.16 bits per heavy atom. The number of nitro groups is 1. The van der Waals surface area contributed by atoms with Gasteiger partial charge in [-0.25, -0.2) is 4.98 Å². The van der Waals surface area contributed by atoms with Crippen molar-refractivity contribution in [3.8, 4) is 5.75 Å². The van der Waals surface area contributed by atoms with Crippen molar-refractivity contribution in [2.24, 2.45) is 10.2 Å². The summed E-state index contributed by atoms with van der Waals surface area (Å²) >= 11 is 0. The number of rotatable bonds is 3. The first-order valence-electron chi connectivity index (χ1n) is 5.39. The highest BCUT2D eigenvalue weighted by Crippen LogP contribution is 2.26. The molecule has 2 aromatic rings. The lowest BCUT2D eigenvalue weighted by Gasteiger charge is -1.98. The second-order valence-electron chi connectivity index (χ2n) is 3.77. The van der Waals surface area contributed by atoms with Crippen LogP contribution >= 0.6 is 0 Å². The van der Waals surface area contributed by atoms with Gasteiger partial charge in [0.25, 0.3) is 5.69 Å². The highest BCUT2D eigenvalue weighted by Gasteiger charge is 2.04. The van der Waals surface area contributed by atoms with E-state index in [9.17, 15) is 15.2 Å². The number of aromatic hydroxyl groups is 1. The number of hydrogen-bond acceptors (Lipinski definition) is 6. The number of azo groups is 1. The molecule has 0 aliphatic rings. The van der Waals surface area contributed by atoms with Crippen molar-refractivity contribution >= 4 is 17.2 Å². The standard InChI is InChI=1S/C12H10N4O3/c1-8-2-7-11(17)12(13-8)15-14-9-3-5-10(6-4-9)16(18)19/h2-7,17H,1H3. The third-order valence-corrected chi connectivity index (χ3v) is 2.31. The molecule has 0 bridgehead atoms. The maximum atomic E-state index is 10.5. The fraction of sp³-hybridized carbons (Fsp3) is 0.0833. The molecule has 0 saturated carbocycles. The van der Waals surface area contributed by atoms with Crippen molar-refractivity contribution < 1.29 is 10.0 Å². The Labute approximate surface area is 108 Å². The summed E-state index contributed by atoms with van der Waals surface area (Å²) in [5.41, 5.74) is 1.12. The number of aromatic nitrogens is 1. The van der Waals surface area contributed by atoms with Crippen LogP contribution in [0.5, 0.6) is 5.75 Å². The Morgan fingerprint density at radius 3 is 2.47 bits per heavy atom. The maximum Gasteiger partial charge on any atom is 0.269 e. The van der Waals surface area contributed by atoms with E-state index in [2.05, 4.69) is 15.2 Å². The fourth-order valence-corrected chi connectivity index (χ4v) is 1.36. The molecule has 19 heavy (non-hydrogen) atoms. The van der Waals surface area contributed by atoms with E-state index in [1.807, 2.05) is 0 Å². The summed E-state index contributed by atoms with van der Waals surface area (Å²) < 4.78 is 0. The van der Waals surface area contributed by atoms with Gasteiger partial charge in [-0.3, -0.25) is 10.1 Å². The summed E-state index contributed by atoms with van der Waals surface area (Å²) in [5, 5.41) is 27.7. The van der Waals surface area contributed by atoms with Crippen LogP contribution < -0.4 is 0 Å². The average molecular weight is 258 g/mol. The third kappa shape index (κ3) is 3.09. The van der Waals surface area contributed by atoms with E-state index in [1.165, 1.54) is 30.3 Å². The van der Waals surface area contributed by atoms with Crippen molar-refractivity contribution in [2.45, 2.75) is 6.92 Å². The Hall–Kier alpha value is -2.83. The second kappa shape index (κ2) is 5.21. The molecule has 0 radical (unpaired) electrons. The molecule has 0 spiro atoms. The third-order valence-electron chi connectivity index (χ3n) is 2.31. The minimum absolute atomic E-state index is 0.0181. The molecule has 0 aliphatic carbocycles. The van der Waals surface area contributed by atoms with Crippen LogP contribution in [0, 0.1) is 17.0 Å². The van der Waals surface area contributed by atoms with Crippen LogP contribution in [0.25, 0.3) is 0 Å². The lowest BCUT2D eigenvalue weighted by molar-refractivity contribution is -0.384. The summed E-state index contributed by atoms with van der Waals surface area (Å²) in [6.45, 7) is 1.77. The van der Waals surface area contributed by atoms with Crippen molar-refractivity contribution in [3.63, 3.8) is 0 Å². The van der Waals surface area contributed by atoms with Gasteiger partial charge in [0.2, 0.25) is 5.82 Å². The molecule has 1 aromatic carbocycles. The fourth-order valence-electron chi connectivity index (χ4n) is 1.36. The molecule has 1 heterocycles. The van der Waals surface area contributed by atoms with E-state index in [4.69, 9.17) is 0 Å². The van der Waals surface area contributed by atoms with Crippen LogP contribution in [0.4, 0.5) is 17.2 Å². The number of hydrogen-bond donors (Lipinski definition) is 1. The molecule has 7 nitrogen and oxygen atoms in total. The average Bonchev–Trinajstić information content (AvgIpc) is 2.40. The highest BCUT2D eigenvalue weighted by molar-refractivity contribution is 5.47. The lowest BCUT2D eigenvalue weighted by atomic mass is 10.3. The Balaban J connectivity index is 2.22. The summed E-state index contributed by atoms with van der Waals surface area (Å²) in [7, 11) is 0. The van der Waals surface area contributed by atoms with Gasteiger partial charge in [0.1, 0.15) is 0 Å². The van der Waals surface area contributed by atoms with Crippen molar-refractivity contribution in [1.29, 1.82) is 0 Å². The lowest BCUT2D eigenvalue weighted by Crippen LogP contribution is -1.85. The van der Waals surface area contributed by atoms with Crippen LogP contribution in [0.2, 0.25) is 0 Å². The zero-order valence-electron chi connectivity index (χ0n) is 10.0. The molecule has 1 N–H and O–H groups in total. The molecular formula is C12H10N4O3. The Kier molecular flexibility index (Phi) is 3.46. The van der Waals surface area contributed by atoms with Gasteiger partial charge in [-0.2, -0.15) is 0 Å². The molecular weight excluding hydrogens is 248 g/mol. The minimum Gasteiger partial charge on any atom is -0.504 e. The molecule has 2 rings (SSSR count). The van der Waals surface area contributed by atoms with Crippen LogP contribution in [0.15, 0.2) is 46.6 Å². The topological polar surface area (TPSA) is 101 Å². The number of aryl methyl sites for hydroxylation is 1. The highest BCUT2D eigenvalue weighted by atomic mass is 16.6. The molecule has 0 amide bonds. The van der Waals surface area contributed by atoms with Crippen molar-refractivity contribution in [1.82, 2.24) is 4.98 Å². The SMILES string of the molecule is Cc1ccc(O)c(N=Nc2ccc([N+](=O)[O-])cc2)n1. The molecule has 0 atom stereocenters. The van der Waals surface area contributed by atoms with Gasteiger partial charge in [0.05, 0.1) is 10.6 Å². The Bertz CT molecular complexity index is 638. The van der Waals surface area contributed by atoms with Gasteiger partial charge < -0.3 is 5.11 Å². The summed E-state index contributed by atoms with van der Waals surface area (Å²) in [6, 6.07) is 8.73. The summed E-state index contributed by atoms with van der Waals surface area (Å²) in [6.07, 6.45) is 0. The normalized spacial score (nSPS) is 10.8. The second-order valence-corrected chi connectivity index (χ2v) is 3.77. The number of benzene rings is 1. The van der Waals surface area contributed by atoms with E-state index in [0.29, 0.717) is 11.4 Å². The van der Waals surface area contributed by atoms with Crippen molar-refractivity contribution in [3.05, 3.63) is 52.2 Å². The monoisotopic (exact) mass is 258 g/mol. The quantitative estimate of drug-likeness (QED) is 0.517. The maximum absolute atomic E-state index is 10.5. The summed E-state index contributed by atoms with van der Waals surface area (Å²) in [5.74, 6) is 0.0367. The smallest absolute Gasteiger partial charge is 0.269 e. The summed E-state index contributed by atoms with van der Waals surface area (Å²) in [4.78, 5) is 14.0. The molecule has 7 heteroatoms. The van der Waals surface area contributed by atoms with E-state index in [-0.39, 0.29) is 17.3 Å². The van der Waals surface area contributed by atoms with Gasteiger partial charge in [-0.1, -0.05) is 0 Å². The number of non-ortho nitro benzene ring substituents is 1. The van der Waals surface area contributed by atoms with E-state index in [0.717, 1.165) is 0 Å². The van der Waals surface area contributed by atoms with Crippen molar-refractivity contribution in [2.75, 3.05) is 0 Å². The first-order valence-corrected chi connectivity index (χ1v) is 5.39. The van der Waals surface area contributed by atoms with Gasteiger partial charge in [0, 0.05) is 17.8 Å². The molecule has 0 aliphatic heterocycles. The predicted molar refractivity (Wildman–Crippen MR) is 67.9 cm³/mol. The van der Waals surface area contributed by atoms with Crippen LogP contribution in [-0.2, 0) is 0 Å². The van der Waals surface area contributed by atoms with E-state index in [1.54, 1.807) is 13.0 Å². The minimum atomic E-state index is -0.491. The zero-order valence-corrected chi connectivity index (χ0v) is 10.0. The molecule has 0 unspecified atom stereocenters. The van der Waals surface area contributed by atoms with Gasteiger partial charge in [0.15, 0.2) is 5.75 Å². The number of pyridine rings is 1. The van der Waals surface area contributed by atoms with Crippen LogP contribution in [-0.4, -0.2) is 15.0 Å². The molecule has 0 saturated heterocycles. The largest absolute Gasteiger partial charge is 0.504 e. The Morgan fingerprint density at radius 2 is 1.84 bits per heavy atom. The molecule has 0 fully saturated rings.